The minimum atomic E-state index is -0.743. The van der Waals surface area contributed by atoms with Gasteiger partial charge in [0.15, 0.2) is 0 Å². The molecule has 3 aromatic rings. The van der Waals surface area contributed by atoms with Crippen LogP contribution in [0.25, 0.3) is 5.76 Å². The van der Waals surface area contributed by atoms with Gasteiger partial charge in [-0.05, 0) is 41.3 Å². The second-order valence-electron chi connectivity index (χ2n) is 8.06. The Balaban J connectivity index is 1.90. The summed E-state index contributed by atoms with van der Waals surface area (Å²) in [7, 11) is 1.53. The van der Waals surface area contributed by atoms with Gasteiger partial charge in [0.1, 0.15) is 11.5 Å². The number of aliphatic hydroxyl groups excluding tert-OH is 1. The van der Waals surface area contributed by atoms with Crippen LogP contribution < -0.4 is 9.64 Å². The van der Waals surface area contributed by atoms with Gasteiger partial charge in [-0.2, -0.15) is 0 Å². The smallest absolute Gasteiger partial charge is 0.300 e. The molecule has 1 aliphatic heterocycles. The Kier molecular flexibility index (Phi) is 5.82. The van der Waals surface area contributed by atoms with Crippen LogP contribution >= 0.6 is 0 Å². The van der Waals surface area contributed by atoms with E-state index < -0.39 is 17.7 Å². The van der Waals surface area contributed by atoms with Crippen molar-refractivity contribution in [2.24, 2.45) is 0 Å². The Labute approximate surface area is 187 Å². The van der Waals surface area contributed by atoms with Crippen LogP contribution in [0.3, 0.4) is 0 Å². The second-order valence-corrected chi connectivity index (χ2v) is 8.06. The number of anilines is 1. The van der Waals surface area contributed by atoms with Gasteiger partial charge in [-0.25, -0.2) is 0 Å². The van der Waals surface area contributed by atoms with Gasteiger partial charge in [-0.1, -0.05) is 68.4 Å². The maximum absolute atomic E-state index is 13.2. The Morgan fingerprint density at radius 1 is 0.938 bits per heavy atom. The highest BCUT2D eigenvalue weighted by Gasteiger charge is 2.46. The normalized spacial score (nSPS) is 17.8. The average molecular weight is 428 g/mol. The molecule has 0 spiro atoms. The van der Waals surface area contributed by atoms with Crippen molar-refractivity contribution in [1.29, 1.82) is 0 Å². The summed E-state index contributed by atoms with van der Waals surface area (Å²) < 4.78 is 5.25. The van der Waals surface area contributed by atoms with Crippen molar-refractivity contribution in [2.45, 2.75) is 25.8 Å². The number of rotatable bonds is 5. The molecule has 1 unspecified atom stereocenters. The van der Waals surface area contributed by atoms with Crippen molar-refractivity contribution >= 4 is 23.1 Å². The molecule has 1 N–H and O–H groups in total. The standard InChI is InChI=1S/C27H25NO4/c1-17(2)18-12-14-21(15-13-18)28-24(19-8-5-4-6-9-19)23(26(30)27(28)31)25(29)20-10-7-11-22(16-20)32-3/h4-17,24,29H,1-3H3/b25-23-. The highest BCUT2D eigenvalue weighted by Crippen LogP contribution is 2.42. The van der Waals surface area contributed by atoms with Crippen LogP contribution in [0.15, 0.2) is 84.4 Å². The third kappa shape index (κ3) is 3.78. The predicted octanol–water partition coefficient (Wildman–Crippen LogP) is 5.44. The fraction of sp³-hybridized carbons (Fsp3) is 0.185. The second kappa shape index (κ2) is 8.71. The summed E-state index contributed by atoms with van der Waals surface area (Å²) in [4.78, 5) is 27.8. The van der Waals surface area contributed by atoms with Crippen LogP contribution in [-0.2, 0) is 9.59 Å². The van der Waals surface area contributed by atoms with Gasteiger partial charge >= 0.3 is 0 Å². The predicted molar refractivity (Wildman–Crippen MR) is 125 cm³/mol. The van der Waals surface area contributed by atoms with E-state index in [9.17, 15) is 14.7 Å². The minimum absolute atomic E-state index is 0.0578. The Bertz CT molecular complexity index is 1180. The number of hydrogen-bond donors (Lipinski definition) is 1. The van der Waals surface area contributed by atoms with Crippen LogP contribution in [0.1, 0.15) is 42.5 Å². The first kappa shape index (κ1) is 21.4. The van der Waals surface area contributed by atoms with Crippen molar-refractivity contribution in [3.05, 3.63) is 101 Å². The van der Waals surface area contributed by atoms with E-state index in [1.54, 1.807) is 24.3 Å². The van der Waals surface area contributed by atoms with Crippen LogP contribution in [0.4, 0.5) is 5.69 Å². The summed E-state index contributed by atoms with van der Waals surface area (Å²) in [5, 5.41) is 11.2. The van der Waals surface area contributed by atoms with E-state index in [4.69, 9.17) is 4.74 Å². The highest BCUT2D eigenvalue weighted by atomic mass is 16.5. The van der Waals surface area contributed by atoms with Gasteiger partial charge in [0.2, 0.25) is 0 Å². The molecule has 162 valence electrons. The molecule has 1 heterocycles. The van der Waals surface area contributed by atoms with E-state index in [0.717, 1.165) is 11.1 Å². The lowest BCUT2D eigenvalue weighted by molar-refractivity contribution is -0.132. The molecule has 5 nitrogen and oxygen atoms in total. The van der Waals surface area contributed by atoms with Crippen LogP contribution in [0, 0.1) is 0 Å². The van der Waals surface area contributed by atoms with Crippen molar-refractivity contribution < 1.29 is 19.4 Å². The summed E-state index contributed by atoms with van der Waals surface area (Å²) >= 11 is 0. The number of ketones is 1. The van der Waals surface area contributed by atoms with E-state index in [0.29, 0.717) is 22.9 Å². The zero-order chi connectivity index (χ0) is 22.8. The van der Waals surface area contributed by atoms with Crippen LogP contribution in [0.2, 0.25) is 0 Å². The summed E-state index contributed by atoms with van der Waals surface area (Å²) in [6.45, 7) is 4.19. The SMILES string of the molecule is COc1cccc(/C(O)=C2/C(=O)C(=O)N(c3ccc(C(C)C)cc3)C2c2ccccc2)c1. The lowest BCUT2D eigenvalue weighted by Crippen LogP contribution is -2.29. The molecule has 4 rings (SSSR count). The Hall–Kier alpha value is -3.86. The number of nitrogens with zero attached hydrogens (tertiary/aromatic N) is 1. The molecule has 1 atom stereocenters. The van der Waals surface area contributed by atoms with E-state index in [-0.39, 0.29) is 11.3 Å². The average Bonchev–Trinajstić information content (AvgIpc) is 3.09. The number of amides is 1. The maximum atomic E-state index is 13.2. The summed E-state index contributed by atoms with van der Waals surface area (Å²) in [5.74, 6) is -0.716. The van der Waals surface area contributed by atoms with Crippen LogP contribution in [-0.4, -0.2) is 23.9 Å². The van der Waals surface area contributed by atoms with Crippen molar-refractivity contribution in [2.75, 3.05) is 12.0 Å². The van der Waals surface area contributed by atoms with Gasteiger partial charge in [-0.15, -0.1) is 0 Å². The third-order valence-corrected chi connectivity index (χ3v) is 5.74. The molecular weight excluding hydrogens is 402 g/mol. The molecule has 5 heteroatoms. The first-order chi connectivity index (χ1) is 15.4. The fourth-order valence-electron chi connectivity index (χ4n) is 4.00. The number of Topliss-reactive ketones (excluding diaryl/α,β-unsaturated/α-hetero) is 1. The molecule has 1 aliphatic rings. The molecule has 0 saturated carbocycles. The maximum Gasteiger partial charge on any atom is 0.300 e. The molecule has 1 amide bonds. The summed E-state index contributed by atoms with van der Waals surface area (Å²) in [6.07, 6.45) is 0. The van der Waals surface area contributed by atoms with Crippen molar-refractivity contribution in [3.63, 3.8) is 0 Å². The number of aliphatic hydroxyl groups is 1. The molecular formula is C27H25NO4. The molecule has 0 aliphatic carbocycles. The summed E-state index contributed by atoms with van der Waals surface area (Å²) in [6, 6.07) is 23.0. The van der Waals surface area contributed by atoms with Gasteiger partial charge in [0.05, 0.1) is 18.7 Å². The van der Waals surface area contributed by atoms with E-state index in [2.05, 4.69) is 13.8 Å². The first-order valence-corrected chi connectivity index (χ1v) is 10.5. The first-order valence-electron chi connectivity index (χ1n) is 10.5. The topological polar surface area (TPSA) is 66.8 Å². The Morgan fingerprint density at radius 3 is 2.25 bits per heavy atom. The number of carbonyl (C=O) groups is 2. The fourth-order valence-corrected chi connectivity index (χ4v) is 4.00. The molecule has 32 heavy (non-hydrogen) atoms. The zero-order valence-electron chi connectivity index (χ0n) is 18.3. The number of methoxy groups -OCH3 is 1. The van der Waals surface area contributed by atoms with Gasteiger partial charge in [0.25, 0.3) is 11.7 Å². The lowest BCUT2D eigenvalue weighted by atomic mass is 9.95. The number of hydrogen-bond acceptors (Lipinski definition) is 4. The quantitative estimate of drug-likeness (QED) is 0.334. The highest BCUT2D eigenvalue weighted by molar-refractivity contribution is 6.51. The number of carbonyl (C=O) groups excluding carboxylic acids is 2. The number of ether oxygens (including phenoxy) is 1. The zero-order valence-corrected chi connectivity index (χ0v) is 18.3. The summed E-state index contributed by atoms with van der Waals surface area (Å²) in [5.41, 5.74) is 2.96. The van der Waals surface area contributed by atoms with Crippen molar-refractivity contribution in [1.82, 2.24) is 0 Å². The van der Waals surface area contributed by atoms with Gasteiger partial charge in [0, 0.05) is 11.3 Å². The number of benzene rings is 3. The third-order valence-electron chi connectivity index (χ3n) is 5.74. The van der Waals surface area contributed by atoms with E-state index in [1.165, 1.54) is 12.0 Å². The monoisotopic (exact) mass is 427 g/mol. The molecule has 1 fully saturated rings. The molecule has 0 bridgehead atoms. The Morgan fingerprint density at radius 2 is 1.62 bits per heavy atom. The molecule has 1 saturated heterocycles. The van der Waals surface area contributed by atoms with E-state index >= 15 is 0 Å². The van der Waals surface area contributed by atoms with Gasteiger partial charge in [-0.3, -0.25) is 14.5 Å². The van der Waals surface area contributed by atoms with Crippen LogP contribution in [0.5, 0.6) is 5.75 Å². The lowest BCUT2D eigenvalue weighted by Gasteiger charge is -2.25. The van der Waals surface area contributed by atoms with Crippen molar-refractivity contribution in [3.8, 4) is 5.75 Å². The molecule has 0 aromatic heterocycles. The largest absolute Gasteiger partial charge is 0.507 e. The molecule has 3 aromatic carbocycles. The molecule has 0 radical (unpaired) electrons. The minimum Gasteiger partial charge on any atom is -0.507 e. The van der Waals surface area contributed by atoms with E-state index in [1.807, 2.05) is 54.6 Å². The van der Waals surface area contributed by atoms with Gasteiger partial charge < -0.3 is 9.84 Å².